The van der Waals surface area contributed by atoms with Crippen molar-refractivity contribution in [1.82, 2.24) is 10.6 Å². The zero-order valence-electron chi connectivity index (χ0n) is 13.1. The maximum absolute atomic E-state index is 11.7. The molecule has 20 heavy (non-hydrogen) atoms. The van der Waals surface area contributed by atoms with E-state index < -0.39 is 19.0 Å². The monoisotopic (exact) mass is 286 g/mol. The van der Waals surface area contributed by atoms with Gasteiger partial charge in [0.05, 0.1) is 12.5 Å². The van der Waals surface area contributed by atoms with Crippen LogP contribution in [0.3, 0.4) is 0 Å². The van der Waals surface area contributed by atoms with Crippen LogP contribution in [0.25, 0.3) is 0 Å². The van der Waals surface area contributed by atoms with E-state index in [9.17, 15) is 19.6 Å². The van der Waals surface area contributed by atoms with Gasteiger partial charge in [-0.25, -0.2) is 0 Å². The zero-order valence-corrected chi connectivity index (χ0v) is 13.1. The van der Waals surface area contributed by atoms with Crippen molar-refractivity contribution in [3.63, 3.8) is 0 Å². The molecule has 1 atom stereocenters. The Bertz CT molecular complexity index is 327. The predicted molar refractivity (Wildman–Crippen MR) is 78.7 cm³/mol. The van der Waals surface area contributed by atoms with Gasteiger partial charge in [-0.05, 0) is 17.8 Å². The van der Waals surface area contributed by atoms with E-state index in [4.69, 9.17) is 0 Å². The van der Waals surface area contributed by atoms with E-state index in [2.05, 4.69) is 10.6 Å². The molecule has 0 unspecified atom stereocenters. The summed E-state index contributed by atoms with van der Waals surface area (Å²) >= 11 is 0. The van der Waals surface area contributed by atoms with Gasteiger partial charge in [-0.3, -0.25) is 9.59 Å². The first-order chi connectivity index (χ1) is 9.01. The van der Waals surface area contributed by atoms with E-state index in [1.165, 1.54) is 0 Å². The van der Waals surface area contributed by atoms with Crippen LogP contribution in [0.15, 0.2) is 0 Å². The number of carbonyl (C=O) groups is 2. The molecule has 0 saturated heterocycles. The molecule has 0 aromatic heterocycles. The van der Waals surface area contributed by atoms with E-state index in [0.717, 1.165) is 0 Å². The summed E-state index contributed by atoms with van der Waals surface area (Å²) in [5.74, 6) is -1.12. The number of amides is 2. The summed E-state index contributed by atoms with van der Waals surface area (Å²) in [7, 11) is -1.60. The van der Waals surface area contributed by atoms with E-state index in [1.54, 1.807) is 0 Å². The summed E-state index contributed by atoms with van der Waals surface area (Å²) in [6.07, 6.45) is 0.789. The highest BCUT2D eigenvalue weighted by Crippen LogP contribution is 2.17. The molecule has 0 spiro atoms. The van der Waals surface area contributed by atoms with Crippen molar-refractivity contribution in [3.8, 4) is 0 Å². The highest BCUT2D eigenvalue weighted by molar-refractivity contribution is 6.43. The van der Waals surface area contributed by atoms with Crippen molar-refractivity contribution in [2.24, 2.45) is 11.3 Å². The molecule has 2 amide bonds. The maximum Gasteiger partial charge on any atom is 0.475 e. The standard InChI is InChI=1S/C13H27BN2O4/c1-9(2)6-10(14(19)20)16-12(18)8-15-11(17)7-13(3,4)5/h9-10,19-20H,6-8H2,1-5H3,(H,15,17)(H,16,18)/t10-/m0/s1. The van der Waals surface area contributed by atoms with Crippen LogP contribution in [-0.4, -0.2) is 41.5 Å². The molecule has 4 N–H and O–H groups in total. The van der Waals surface area contributed by atoms with Gasteiger partial charge in [0.2, 0.25) is 11.8 Å². The molecule has 6 nitrogen and oxygen atoms in total. The Balaban J connectivity index is 4.17. The lowest BCUT2D eigenvalue weighted by Crippen LogP contribution is -2.50. The van der Waals surface area contributed by atoms with Crippen molar-refractivity contribution >= 4 is 18.9 Å². The molecule has 0 aromatic carbocycles. The van der Waals surface area contributed by atoms with Crippen LogP contribution in [0.2, 0.25) is 0 Å². The van der Waals surface area contributed by atoms with Gasteiger partial charge in [0.25, 0.3) is 0 Å². The first kappa shape index (κ1) is 18.9. The SMILES string of the molecule is CC(C)C[C@H](NC(=O)CNC(=O)CC(C)(C)C)B(O)O. The van der Waals surface area contributed by atoms with Crippen LogP contribution in [0.5, 0.6) is 0 Å². The summed E-state index contributed by atoms with van der Waals surface area (Å²) in [6.45, 7) is 9.50. The first-order valence-corrected chi connectivity index (χ1v) is 6.93. The van der Waals surface area contributed by atoms with Gasteiger partial charge in [-0.1, -0.05) is 34.6 Å². The fourth-order valence-corrected chi connectivity index (χ4v) is 1.74. The molecule has 116 valence electrons. The highest BCUT2D eigenvalue weighted by Gasteiger charge is 2.26. The van der Waals surface area contributed by atoms with Gasteiger partial charge in [-0.2, -0.15) is 0 Å². The van der Waals surface area contributed by atoms with Gasteiger partial charge in [0.1, 0.15) is 0 Å². The van der Waals surface area contributed by atoms with Crippen LogP contribution >= 0.6 is 0 Å². The Morgan fingerprint density at radius 2 is 1.70 bits per heavy atom. The second kappa shape index (κ2) is 8.27. The molecule has 0 bridgehead atoms. The molecule has 0 aromatic rings. The summed E-state index contributed by atoms with van der Waals surface area (Å²) in [6, 6.07) is 0. The Hall–Kier alpha value is -1.08. The third-order valence-corrected chi connectivity index (χ3v) is 2.57. The van der Waals surface area contributed by atoms with Gasteiger partial charge in [0.15, 0.2) is 0 Å². The minimum absolute atomic E-state index is 0.137. The van der Waals surface area contributed by atoms with Crippen molar-refractivity contribution in [1.29, 1.82) is 0 Å². The summed E-state index contributed by atoms with van der Waals surface area (Å²) in [4.78, 5) is 23.2. The minimum atomic E-state index is -1.60. The van der Waals surface area contributed by atoms with Crippen LogP contribution in [0, 0.1) is 11.3 Å². The van der Waals surface area contributed by atoms with E-state index >= 15 is 0 Å². The minimum Gasteiger partial charge on any atom is -0.426 e. The molecular weight excluding hydrogens is 259 g/mol. The number of nitrogens with one attached hydrogen (secondary N) is 2. The van der Waals surface area contributed by atoms with Gasteiger partial charge in [-0.15, -0.1) is 0 Å². The largest absolute Gasteiger partial charge is 0.475 e. The summed E-state index contributed by atoms with van der Waals surface area (Å²) < 4.78 is 0. The van der Waals surface area contributed by atoms with Crippen LogP contribution in [0.4, 0.5) is 0 Å². The van der Waals surface area contributed by atoms with Gasteiger partial charge >= 0.3 is 7.12 Å². The van der Waals surface area contributed by atoms with Crippen molar-refractivity contribution in [3.05, 3.63) is 0 Å². The second-order valence-electron chi connectivity index (χ2n) is 6.73. The molecule has 0 rings (SSSR count). The zero-order chi connectivity index (χ0) is 15.9. The molecular formula is C13H27BN2O4. The molecule has 0 heterocycles. The molecule has 0 fully saturated rings. The third-order valence-electron chi connectivity index (χ3n) is 2.57. The van der Waals surface area contributed by atoms with Crippen molar-refractivity contribution in [2.45, 2.75) is 53.4 Å². The number of hydrogen-bond acceptors (Lipinski definition) is 4. The smallest absolute Gasteiger partial charge is 0.426 e. The van der Waals surface area contributed by atoms with Crippen molar-refractivity contribution in [2.75, 3.05) is 6.54 Å². The first-order valence-electron chi connectivity index (χ1n) is 6.93. The van der Waals surface area contributed by atoms with E-state index in [-0.39, 0.29) is 23.8 Å². The topological polar surface area (TPSA) is 98.7 Å². The summed E-state index contributed by atoms with van der Waals surface area (Å²) in [5.41, 5.74) is -0.137. The Kier molecular flexibility index (Phi) is 7.82. The number of carbonyl (C=O) groups excluding carboxylic acids is 2. The van der Waals surface area contributed by atoms with Gasteiger partial charge < -0.3 is 20.7 Å². The predicted octanol–water partition coefficient (Wildman–Crippen LogP) is 0.0817. The lowest BCUT2D eigenvalue weighted by atomic mass is 9.75. The molecule has 0 aliphatic heterocycles. The van der Waals surface area contributed by atoms with E-state index in [1.807, 2.05) is 34.6 Å². The average Bonchev–Trinajstić information content (AvgIpc) is 2.22. The van der Waals surface area contributed by atoms with E-state index in [0.29, 0.717) is 12.8 Å². The quantitative estimate of drug-likeness (QED) is 0.498. The fraction of sp³-hybridized carbons (Fsp3) is 0.846. The third kappa shape index (κ3) is 9.80. The lowest BCUT2D eigenvalue weighted by molar-refractivity contribution is -0.127. The molecule has 0 aliphatic carbocycles. The number of rotatable bonds is 7. The Morgan fingerprint density at radius 3 is 2.10 bits per heavy atom. The van der Waals surface area contributed by atoms with Gasteiger partial charge in [0, 0.05) is 6.42 Å². The molecule has 7 heteroatoms. The molecule has 0 aliphatic rings. The molecule has 0 radical (unpaired) electrons. The van der Waals surface area contributed by atoms with Crippen LogP contribution in [-0.2, 0) is 9.59 Å². The lowest BCUT2D eigenvalue weighted by Gasteiger charge is -2.20. The molecule has 0 saturated carbocycles. The average molecular weight is 286 g/mol. The highest BCUT2D eigenvalue weighted by atomic mass is 16.4. The summed E-state index contributed by atoms with van der Waals surface area (Å²) in [5, 5.41) is 23.4. The second-order valence-corrected chi connectivity index (χ2v) is 6.73. The number of hydrogen-bond donors (Lipinski definition) is 4. The normalized spacial score (nSPS) is 13.0. The Morgan fingerprint density at radius 1 is 1.15 bits per heavy atom. The maximum atomic E-state index is 11.7. The van der Waals surface area contributed by atoms with Crippen molar-refractivity contribution < 1.29 is 19.6 Å². The van der Waals surface area contributed by atoms with Crippen LogP contribution in [0.1, 0.15) is 47.5 Å². The Labute approximate surface area is 121 Å². The fourth-order valence-electron chi connectivity index (χ4n) is 1.74. The van der Waals surface area contributed by atoms with Crippen LogP contribution < -0.4 is 10.6 Å².